The van der Waals surface area contributed by atoms with Gasteiger partial charge >= 0.3 is 0 Å². The van der Waals surface area contributed by atoms with Crippen LogP contribution in [0.15, 0.2) is 42.5 Å². The zero-order valence-corrected chi connectivity index (χ0v) is 16.8. The summed E-state index contributed by atoms with van der Waals surface area (Å²) in [4.78, 5) is 0. The largest absolute Gasteiger partial charge is 0.489 e. The van der Waals surface area contributed by atoms with Crippen LogP contribution in [0.2, 0.25) is 5.02 Å². The molecule has 0 radical (unpaired) electrons. The molecule has 148 valence electrons. The molecule has 2 aromatic carbocycles. The van der Waals surface area contributed by atoms with Gasteiger partial charge in [-0.15, -0.1) is 0 Å². The maximum atomic E-state index is 13.1. The fraction of sp³-hybridized carbons (Fsp3) is 0.500. The van der Waals surface area contributed by atoms with E-state index in [9.17, 15) is 4.39 Å². The molecule has 6 rings (SSSR count). The average Bonchev–Trinajstić information content (AvgIpc) is 2.67. The van der Waals surface area contributed by atoms with Gasteiger partial charge < -0.3 is 10.1 Å². The quantitative estimate of drug-likeness (QED) is 0.645. The fourth-order valence-corrected chi connectivity index (χ4v) is 6.25. The van der Waals surface area contributed by atoms with Gasteiger partial charge in [-0.05, 0) is 91.7 Å². The summed E-state index contributed by atoms with van der Waals surface area (Å²) in [5.41, 5.74) is 2.06. The highest BCUT2D eigenvalue weighted by atomic mass is 35.5. The van der Waals surface area contributed by atoms with Crippen LogP contribution in [0.1, 0.15) is 43.2 Å². The van der Waals surface area contributed by atoms with Crippen LogP contribution >= 0.6 is 11.6 Å². The Morgan fingerprint density at radius 2 is 1.61 bits per heavy atom. The topological polar surface area (TPSA) is 21.3 Å². The highest BCUT2D eigenvalue weighted by molar-refractivity contribution is 6.30. The number of hydrogen-bond donors (Lipinski definition) is 1. The van der Waals surface area contributed by atoms with Crippen molar-refractivity contribution in [2.45, 2.75) is 51.3 Å². The molecule has 0 saturated heterocycles. The molecule has 0 aliphatic heterocycles. The van der Waals surface area contributed by atoms with E-state index in [0.717, 1.165) is 52.1 Å². The Hall–Kier alpha value is -1.58. The van der Waals surface area contributed by atoms with Gasteiger partial charge in [0.1, 0.15) is 18.2 Å². The Labute approximate surface area is 171 Å². The van der Waals surface area contributed by atoms with Crippen LogP contribution in [0.4, 0.5) is 4.39 Å². The van der Waals surface area contributed by atoms with Crippen molar-refractivity contribution in [3.63, 3.8) is 0 Å². The van der Waals surface area contributed by atoms with Gasteiger partial charge in [0.05, 0.1) is 0 Å². The van der Waals surface area contributed by atoms with Gasteiger partial charge in [0.25, 0.3) is 0 Å². The van der Waals surface area contributed by atoms with E-state index in [4.69, 9.17) is 16.3 Å². The predicted octanol–water partition coefficient (Wildman–Crippen LogP) is 5.97. The molecule has 4 heteroatoms. The van der Waals surface area contributed by atoms with Crippen molar-refractivity contribution in [2.24, 2.45) is 23.7 Å². The first kappa shape index (κ1) is 18.4. The first-order valence-corrected chi connectivity index (χ1v) is 10.9. The van der Waals surface area contributed by atoms with Gasteiger partial charge in [0.15, 0.2) is 0 Å². The van der Waals surface area contributed by atoms with Crippen LogP contribution in [-0.4, -0.2) is 6.04 Å². The summed E-state index contributed by atoms with van der Waals surface area (Å²) in [6.45, 7) is 1.21. The molecule has 0 unspecified atom stereocenters. The number of halogens is 2. The average molecular weight is 400 g/mol. The van der Waals surface area contributed by atoms with Crippen LogP contribution in [0, 0.1) is 29.5 Å². The summed E-state index contributed by atoms with van der Waals surface area (Å²) < 4.78 is 19.2. The molecule has 28 heavy (non-hydrogen) atoms. The van der Waals surface area contributed by atoms with Crippen molar-refractivity contribution in [3.8, 4) is 5.75 Å². The highest BCUT2D eigenvalue weighted by Gasteiger charge is 2.47. The minimum Gasteiger partial charge on any atom is -0.489 e. The Morgan fingerprint density at radius 1 is 0.929 bits per heavy atom. The Balaban J connectivity index is 1.26. The second kappa shape index (κ2) is 7.68. The van der Waals surface area contributed by atoms with E-state index >= 15 is 0 Å². The summed E-state index contributed by atoms with van der Waals surface area (Å²) in [7, 11) is 0. The zero-order chi connectivity index (χ0) is 19.1. The van der Waals surface area contributed by atoms with E-state index in [1.54, 1.807) is 12.1 Å². The normalized spacial score (nSPS) is 30.6. The van der Waals surface area contributed by atoms with Crippen molar-refractivity contribution in [1.82, 2.24) is 5.32 Å². The monoisotopic (exact) mass is 399 g/mol. The Bertz CT molecular complexity index is 809. The van der Waals surface area contributed by atoms with E-state index in [1.165, 1.54) is 44.2 Å². The summed E-state index contributed by atoms with van der Waals surface area (Å²) in [5, 5.41) is 4.60. The Morgan fingerprint density at radius 3 is 2.29 bits per heavy atom. The number of rotatable bonds is 6. The molecule has 0 heterocycles. The van der Waals surface area contributed by atoms with Crippen molar-refractivity contribution in [1.29, 1.82) is 0 Å². The van der Waals surface area contributed by atoms with E-state index < -0.39 is 0 Å². The molecule has 4 aliphatic rings. The van der Waals surface area contributed by atoms with Gasteiger partial charge in [-0.3, -0.25) is 0 Å². The van der Waals surface area contributed by atoms with Crippen molar-refractivity contribution < 1.29 is 9.13 Å². The third kappa shape index (κ3) is 3.79. The minimum absolute atomic E-state index is 0.226. The van der Waals surface area contributed by atoms with Crippen molar-refractivity contribution in [2.75, 3.05) is 0 Å². The molecule has 4 aliphatic carbocycles. The molecular formula is C24H27ClFNO. The molecule has 1 N–H and O–H groups in total. The molecule has 4 bridgehead atoms. The van der Waals surface area contributed by atoms with Gasteiger partial charge in [0, 0.05) is 23.2 Å². The minimum atomic E-state index is -0.226. The lowest BCUT2D eigenvalue weighted by Gasteiger charge is -2.54. The van der Waals surface area contributed by atoms with Crippen LogP contribution in [0.3, 0.4) is 0 Å². The number of benzene rings is 2. The van der Waals surface area contributed by atoms with Gasteiger partial charge in [-0.2, -0.15) is 0 Å². The highest BCUT2D eigenvalue weighted by Crippen LogP contribution is 2.53. The molecule has 0 spiro atoms. The maximum Gasteiger partial charge on any atom is 0.124 e. The number of ether oxygens (including phenoxy) is 1. The SMILES string of the molecule is Fc1ccc(COc2ccc(Cl)cc2CNC2C3CC4CC(C3)CC2C4)cc1. The molecule has 2 aromatic rings. The third-order valence-corrected chi connectivity index (χ3v) is 7.32. The van der Waals surface area contributed by atoms with Crippen LogP contribution < -0.4 is 10.1 Å². The van der Waals surface area contributed by atoms with Crippen LogP contribution in [-0.2, 0) is 13.2 Å². The van der Waals surface area contributed by atoms with E-state index in [-0.39, 0.29) is 5.82 Å². The number of hydrogen-bond acceptors (Lipinski definition) is 2. The standard InChI is InChI=1S/C24H27ClFNO/c25-21-3-6-23(28-14-15-1-4-22(26)5-2-15)20(12-21)13-27-24-18-8-16-7-17(10-18)11-19(24)9-16/h1-6,12,16-19,24,27H,7-11,13-14H2. The summed E-state index contributed by atoms with van der Waals surface area (Å²) >= 11 is 6.27. The first-order valence-electron chi connectivity index (χ1n) is 10.5. The van der Waals surface area contributed by atoms with E-state index in [1.807, 2.05) is 18.2 Å². The maximum absolute atomic E-state index is 13.1. The first-order chi connectivity index (χ1) is 13.6. The summed E-state index contributed by atoms with van der Waals surface area (Å²) in [6, 6.07) is 12.9. The smallest absolute Gasteiger partial charge is 0.124 e. The molecule has 4 fully saturated rings. The van der Waals surface area contributed by atoms with E-state index in [0.29, 0.717) is 12.6 Å². The van der Waals surface area contributed by atoms with E-state index in [2.05, 4.69) is 5.32 Å². The molecule has 2 nitrogen and oxygen atoms in total. The predicted molar refractivity (Wildman–Crippen MR) is 110 cm³/mol. The fourth-order valence-electron chi connectivity index (χ4n) is 6.05. The molecule has 4 saturated carbocycles. The van der Waals surface area contributed by atoms with Gasteiger partial charge in [0.2, 0.25) is 0 Å². The summed E-state index contributed by atoms with van der Waals surface area (Å²) in [5.74, 6) is 4.29. The molecule has 0 aromatic heterocycles. The second-order valence-electron chi connectivity index (χ2n) is 9.00. The Kier molecular flexibility index (Phi) is 5.06. The summed E-state index contributed by atoms with van der Waals surface area (Å²) in [6.07, 6.45) is 7.12. The van der Waals surface area contributed by atoms with Crippen LogP contribution in [0.5, 0.6) is 5.75 Å². The third-order valence-electron chi connectivity index (χ3n) is 7.09. The number of nitrogens with one attached hydrogen (secondary N) is 1. The lowest BCUT2D eigenvalue weighted by molar-refractivity contribution is -0.0143. The molecular weight excluding hydrogens is 373 g/mol. The lowest BCUT2D eigenvalue weighted by Crippen LogP contribution is -2.54. The lowest BCUT2D eigenvalue weighted by atomic mass is 9.54. The zero-order valence-electron chi connectivity index (χ0n) is 16.0. The van der Waals surface area contributed by atoms with Crippen molar-refractivity contribution >= 4 is 11.6 Å². The molecule has 0 atom stereocenters. The van der Waals surface area contributed by atoms with Crippen LogP contribution in [0.25, 0.3) is 0 Å². The van der Waals surface area contributed by atoms with Gasteiger partial charge in [-0.25, -0.2) is 4.39 Å². The second-order valence-corrected chi connectivity index (χ2v) is 9.44. The van der Waals surface area contributed by atoms with Gasteiger partial charge in [-0.1, -0.05) is 23.7 Å². The van der Waals surface area contributed by atoms with Crippen molar-refractivity contribution in [3.05, 3.63) is 64.4 Å². The molecule has 0 amide bonds.